The standard InChI is InChI=1S/C37H31N3O/c1-2-9-26(10-3-1)35-38-36(27-17-14-25(15-18-27)29-19-16-24-8-4-5-11-28(24)22-29)40-37(39-35)30-20-21-34-32(23-30)31-12-6-7-13-33(31)41-34/h1-3,5-7,9-17,19-21,23,27,29,37H,4,8,18,22H2,(H,38,39,40). The first-order valence-corrected chi connectivity index (χ1v) is 14.6. The van der Waals surface area contributed by atoms with Crippen molar-refractivity contribution in [1.29, 1.82) is 0 Å². The molecule has 0 saturated heterocycles. The fraction of sp³-hybridized carbons (Fsp3) is 0.189. The maximum atomic E-state index is 6.08. The van der Waals surface area contributed by atoms with Gasteiger partial charge in [-0.1, -0.05) is 97.1 Å². The molecule has 0 amide bonds. The molecule has 3 atom stereocenters. The van der Waals surface area contributed by atoms with Crippen molar-refractivity contribution in [2.45, 2.75) is 31.8 Å². The van der Waals surface area contributed by atoms with Gasteiger partial charge < -0.3 is 9.73 Å². The Hall–Kier alpha value is -4.70. The van der Waals surface area contributed by atoms with Gasteiger partial charge in [0.25, 0.3) is 0 Å². The predicted molar refractivity (Wildman–Crippen MR) is 168 cm³/mol. The summed E-state index contributed by atoms with van der Waals surface area (Å²) in [6, 6.07) is 24.9. The molecule has 0 fully saturated rings. The number of fused-ring (bicyclic) bond motifs is 3. The molecule has 3 unspecified atom stereocenters. The third kappa shape index (κ3) is 4.50. The maximum Gasteiger partial charge on any atom is 0.169 e. The maximum absolute atomic E-state index is 6.08. The summed E-state index contributed by atoms with van der Waals surface area (Å²) in [5.41, 5.74) is 8.34. The highest BCUT2D eigenvalue weighted by Crippen LogP contribution is 2.37. The molecule has 2 heterocycles. The summed E-state index contributed by atoms with van der Waals surface area (Å²) in [7, 11) is 0. The Kier molecular flexibility index (Phi) is 5.91. The van der Waals surface area contributed by atoms with Crippen molar-refractivity contribution in [2.24, 2.45) is 21.8 Å². The van der Waals surface area contributed by atoms with Gasteiger partial charge in [-0.2, -0.15) is 0 Å². The van der Waals surface area contributed by atoms with Crippen molar-refractivity contribution < 1.29 is 4.42 Å². The molecule has 0 bridgehead atoms. The van der Waals surface area contributed by atoms with Gasteiger partial charge in [0.1, 0.15) is 22.8 Å². The van der Waals surface area contributed by atoms with Gasteiger partial charge in [-0.25, -0.2) is 9.98 Å². The second-order valence-electron chi connectivity index (χ2n) is 11.3. The van der Waals surface area contributed by atoms with Crippen molar-refractivity contribution in [3.63, 3.8) is 0 Å². The fourth-order valence-corrected chi connectivity index (χ4v) is 6.46. The van der Waals surface area contributed by atoms with Crippen LogP contribution in [0.4, 0.5) is 0 Å². The third-order valence-electron chi connectivity index (χ3n) is 8.69. The Morgan fingerprint density at radius 3 is 2.51 bits per heavy atom. The zero-order valence-corrected chi connectivity index (χ0v) is 22.8. The van der Waals surface area contributed by atoms with Crippen LogP contribution in [0.25, 0.3) is 21.9 Å². The molecule has 4 aromatic rings. The lowest BCUT2D eigenvalue weighted by molar-refractivity contribution is 0.668. The van der Waals surface area contributed by atoms with Crippen molar-refractivity contribution in [3.05, 3.63) is 143 Å². The summed E-state index contributed by atoms with van der Waals surface area (Å²) >= 11 is 0. The number of para-hydroxylation sites is 1. The van der Waals surface area contributed by atoms with E-state index in [1.807, 2.05) is 18.2 Å². The van der Waals surface area contributed by atoms with Crippen LogP contribution in [-0.2, 0) is 0 Å². The first-order chi connectivity index (χ1) is 20.3. The number of benzene rings is 3. The normalized spacial score (nSPS) is 23.7. The number of rotatable bonds is 4. The summed E-state index contributed by atoms with van der Waals surface area (Å²) < 4.78 is 6.08. The van der Waals surface area contributed by atoms with E-state index in [9.17, 15) is 0 Å². The van der Waals surface area contributed by atoms with Crippen molar-refractivity contribution >= 4 is 33.6 Å². The molecule has 4 nitrogen and oxygen atoms in total. The number of allylic oxidation sites excluding steroid dienone is 9. The molecular formula is C37H31N3O. The lowest BCUT2D eigenvalue weighted by Crippen LogP contribution is -2.39. The summed E-state index contributed by atoms with van der Waals surface area (Å²) in [5, 5.41) is 5.82. The van der Waals surface area contributed by atoms with Crippen molar-refractivity contribution in [3.8, 4) is 0 Å². The molecule has 8 rings (SSSR count). The number of nitrogens with one attached hydrogen (secondary N) is 1. The van der Waals surface area contributed by atoms with Gasteiger partial charge in [0.15, 0.2) is 6.17 Å². The number of hydrogen-bond donors (Lipinski definition) is 1. The van der Waals surface area contributed by atoms with Crippen LogP contribution in [0, 0.1) is 11.8 Å². The fourth-order valence-electron chi connectivity index (χ4n) is 6.46. The second kappa shape index (κ2) is 10.0. The van der Waals surface area contributed by atoms with Crippen LogP contribution in [0.1, 0.15) is 43.0 Å². The van der Waals surface area contributed by atoms with Gasteiger partial charge >= 0.3 is 0 Å². The molecule has 200 valence electrons. The highest BCUT2D eigenvalue weighted by Gasteiger charge is 2.27. The minimum atomic E-state index is -0.331. The molecule has 3 aliphatic carbocycles. The van der Waals surface area contributed by atoms with Gasteiger partial charge in [0.05, 0.1) is 0 Å². The zero-order valence-electron chi connectivity index (χ0n) is 22.8. The van der Waals surface area contributed by atoms with E-state index in [2.05, 4.69) is 102 Å². The van der Waals surface area contributed by atoms with Crippen LogP contribution in [0.5, 0.6) is 0 Å². The molecule has 0 radical (unpaired) electrons. The van der Waals surface area contributed by atoms with Crippen LogP contribution in [0.15, 0.2) is 146 Å². The Bertz CT molecular complexity index is 1880. The molecule has 1 aromatic heterocycles. The van der Waals surface area contributed by atoms with Gasteiger partial charge in [-0.05, 0) is 66.2 Å². The van der Waals surface area contributed by atoms with E-state index < -0.39 is 0 Å². The molecule has 1 N–H and O–H groups in total. The molecule has 1 aliphatic heterocycles. The van der Waals surface area contributed by atoms with Gasteiger partial charge in [0, 0.05) is 28.2 Å². The number of nitrogens with zero attached hydrogens (tertiary/aromatic N) is 2. The lowest BCUT2D eigenvalue weighted by atomic mass is 9.79. The number of furan rings is 1. The summed E-state index contributed by atoms with van der Waals surface area (Å²) in [6.07, 6.45) is 20.5. The summed E-state index contributed by atoms with van der Waals surface area (Å²) in [4.78, 5) is 10.3. The second-order valence-corrected chi connectivity index (χ2v) is 11.3. The van der Waals surface area contributed by atoms with E-state index in [0.29, 0.717) is 5.92 Å². The average Bonchev–Trinajstić information content (AvgIpc) is 3.43. The van der Waals surface area contributed by atoms with E-state index in [-0.39, 0.29) is 12.1 Å². The monoisotopic (exact) mass is 533 g/mol. The topological polar surface area (TPSA) is 49.9 Å². The van der Waals surface area contributed by atoms with E-state index in [1.165, 1.54) is 23.1 Å². The summed E-state index contributed by atoms with van der Waals surface area (Å²) in [6.45, 7) is 0. The summed E-state index contributed by atoms with van der Waals surface area (Å²) in [5.74, 6) is 2.44. The lowest BCUT2D eigenvalue weighted by Gasteiger charge is -2.28. The molecule has 0 spiro atoms. The van der Waals surface area contributed by atoms with Gasteiger partial charge in [0.2, 0.25) is 0 Å². The van der Waals surface area contributed by atoms with Gasteiger partial charge in [-0.3, -0.25) is 0 Å². The first-order valence-electron chi connectivity index (χ1n) is 14.6. The Labute approximate surface area is 239 Å². The Morgan fingerprint density at radius 1 is 0.756 bits per heavy atom. The number of aliphatic imine (C=N–C) groups is 2. The average molecular weight is 534 g/mol. The zero-order chi connectivity index (χ0) is 27.2. The highest BCUT2D eigenvalue weighted by atomic mass is 16.3. The van der Waals surface area contributed by atoms with E-state index >= 15 is 0 Å². The first kappa shape index (κ1) is 24.1. The van der Waals surface area contributed by atoms with Crippen LogP contribution in [0.3, 0.4) is 0 Å². The molecule has 41 heavy (non-hydrogen) atoms. The van der Waals surface area contributed by atoms with Gasteiger partial charge in [-0.15, -0.1) is 0 Å². The Balaban J connectivity index is 1.10. The number of hydrogen-bond acceptors (Lipinski definition) is 4. The predicted octanol–water partition coefficient (Wildman–Crippen LogP) is 8.76. The minimum Gasteiger partial charge on any atom is -0.456 e. The molecular weight excluding hydrogens is 502 g/mol. The van der Waals surface area contributed by atoms with E-state index in [0.717, 1.165) is 64.0 Å². The SMILES string of the molecule is C1=CC2=C(C=CC(C3=CCC(C4=NC(c5ccc6oc7ccccc7c6c5)N=C(c5ccccc5)N4)C=C3)C2)CC1. The molecule has 3 aromatic carbocycles. The quantitative estimate of drug-likeness (QED) is 0.285. The highest BCUT2D eigenvalue weighted by molar-refractivity contribution is 6.11. The van der Waals surface area contributed by atoms with Crippen molar-refractivity contribution in [2.75, 3.05) is 0 Å². The van der Waals surface area contributed by atoms with Crippen LogP contribution >= 0.6 is 0 Å². The van der Waals surface area contributed by atoms with E-state index in [1.54, 1.807) is 0 Å². The largest absolute Gasteiger partial charge is 0.456 e. The molecule has 4 aliphatic rings. The molecule has 0 saturated carbocycles. The van der Waals surface area contributed by atoms with Crippen molar-refractivity contribution in [1.82, 2.24) is 5.32 Å². The smallest absolute Gasteiger partial charge is 0.169 e. The third-order valence-corrected chi connectivity index (χ3v) is 8.69. The molecule has 4 heteroatoms. The minimum absolute atomic E-state index is 0.172. The Morgan fingerprint density at radius 2 is 1.61 bits per heavy atom. The van der Waals surface area contributed by atoms with Crippen LogP contribution in [0.2, 0.25) is 0 Å². The van der Waals surface area contributed by atoms with Crippen LogP contribution < -0.4 is 5.32 Å². The van der Waals surface area contributed by atoms with E-state index in [4.69, 9.17) is 14.4 Å². The van der Waals surface area contributed by atoms with Crippen LogP contribution in [-0.4, -0.2) is 11.7 Å². The number of amidine groups is 2.